The molecule has 1 aromatic carbocycles. The van der Waals surface area contributed by atoms with Gasteiger partial charge in [-0.3, -0.25) is 9.59 Å². The molecule has 32 heavy (non-hydrogen) atoms. The van der Waals surface area contributed by atoms with E-state index < -0.39 is 39.3 Å². The zero-order chi connectivity index (χ0) is 24.4. The number of esters is 1. The number of Topliss-reactive ketones (excluding diaryl/α,β-unsaturated/α-hetero) is 2. The van der Waals surface area contributed by atoms with Crippen molar-refractivity contribution in [1.29, 1.82) is 0 Å². The summed E-state index contributed by atoms with van der Waals surface area (Å²) in [5, 5.41) is 0. The normalized spacial score (nSPS) is 12.6. The first-order valence-corrected chi connectivity index (χ1v) is 11.6. The van der Waals surface area contributed by atoms with Crippen LogP contribution in [0.4, 0.5) is 4.39 Å². The molecule has 0 saturated heterocycles. The van der Waals surface area contributed by atoms with Gasteiger partial charge in [-0.15, -0.1) is 0 Å². The van der Waals surface area contributed by atoms with E-state index in [2.05, 4.69) is 4.98 Å². The van der Waals surface area contributed by atoms with Gasteiger partial charge in [-0.1, -0.05) is 13.8 Å². The molecule has 0 radical (unpaired) electrons. The van der Waals surface area contributed by atoms with Crippen molar-refractivity contribution in [3.8, 4) is 0 Å². The van der Waals surface area contributed by atoms with Gasteiger partial charge in [0, 0.05) is 24.3 Å². The van der Waals surface area contributed by atoms with Gasteiger partial charge in [0.25, 0.3) is 0 Å². The van der Waals surface area contributed by atoms with Gasteiger partial charge in [0.05, 0.1) is 16.2 Å². The highest BCUT2D eigenvalue weighted by Gasteiger charge is 2.29. The minimum Gasteiger partial charge on any atom is -0.451 e. The van der Waals surface area contributed by atoms with Gasteiger partial charge in [0.15, 0.2) is 11.9 Å². The average Bonchev–Trinajstić information content (AvgIpc) is 3.02. The molecule has 0 saturated carbocycles. The smallest absolute Gasteiger partial charge is 0.341 e. The van der Waals surface area contributed by atoms with Crippen LogP contribution in [-0.2, 0) is 14.8 Å². The number of ketones is 2. The van der Waals surface area contributed by atoms with Gasteiger partial charge >= 0.3 is 5.97 Å². The second-order valence-corrected chi connectivity index (χ2v) is 9.26. The number of nitrogens with one attached hydrogen (secondary N) is 1. The van der Waals surface area contributed by atoms with Crippen molar-refractivity contribution in [2.75, 3.05) is 13.1 Å². The third-order valence-electron chi connectivity index (χ3n) is 5.19. The first-order valence-electron chi connectivity index (χ1n) is 10.1. The molecule has 1 aromatic heterocycles. The molecule has 10 heteroatoms. The van der Waals surface area contributed by atoms with Gasteiger partial charge < -0.3 is 9.72 Å². The molecule has 0 aliphatic rings. The van der Waals surface area contributed by atoms with Crippen LogP contribution in [0.1, 0.15) is 70.2 Å². The summed E-state index contributed by atoms with van der Waals surface area (Å²) < 4.78 is 46.0. The number of aromatic amines is 1. The summed E-state index contributed by atoms with van der Waals surface area (Å²) >= 11 is 0. The zero-order valence-corrected chi connectivity index (χ0v) is 19.7. The van der Waals surface area contributed by atoms with Crippen molar-refractivity contribution >= 4 is 27.6 Å². The van der Waals surface area contributed by atoms with E-state index in [9.17, 15) is 27.2 Å². The molecule has 0 aliphatic heterocycles. The summed E-state index contributed by atoms with van der Waals surface area (Å²) in [5.41, 5.74) is 0.846. The molecular weight excluding hydrogens is 439 g/mol. The van der Waals surface area contributed by atoms with Crippen molar-refractivity contribution in [3.63, 3.8) is 0 Å². The highest BCUT2D eigenvalue weighted by atomic mass is 32.2. The number of halogens is 1. The predicted octanol–water partition coefficient (Wildman–Crippen LogP) is 3.43. The lowest BCUT2D eigenvalue weighted by atomic mass is 10.0. The standard InChI is InChI=1S/C22H27FN2O6S/c1-7-25(8-2)32(29,30)16-9-10-18(23)17(11-16)22(28)31-15(6)21(27)20-12(3)19(14(5)26)13(4)24-20/h9-11,15,24H,7-8H2,1-6H3. The number of carbonyl (C=O) groups is 3. The van der Waals surface area contributed by atoms with Gasteiger partial charge in [-0.2, -0.15) is 4.31 Å². The van der Waals surface area contributed by atoms with Crippen molar-refractivity contribution in [2.24, 2.45) is 0 Å². The number of hydrogen-bond donors (Lipinski definition) is 1. The van der Waals surface area contributed by atoms with Crippen LogP contribution in [-0.4, -0.2) is 54.4 Å². The molecule has 0 aliphatic carbocycles. The van der Waals surface area contributed by atoms with Gasteiger partial charge in [0.1, 0.15) is 5.82 Å². The number of sulfonamides is 1. The number of nitrogens with zero attached hydrogens (tertiary/aromatic N) is 1. The Hall–Kier alpha value is -2.85. The Morgan fingerprint density at radius 3 is 2.25 bits per heavy atom. The minimum absolute atomic E-state index is 0.117. The average molecular weight is 467 g/mol. The Labute approximate surface area is 186 Å². The number of H-pyrrole nitrogens is 1. The maximum atomic E-state index is 14.3. The maximum Gasteiger partial charge on any atom is 0.341 e. The van der Waals surface area contributed by atoms with Crippen LogP contribution < -0.4 is 0 Å². The lowest BCUT2D eigenvalue weighted by molar-refractivity contribution is 0.0312. The number of aryl methyl sites for hydroxylation is 1. The molecule has 0 amide bonds. The summed E-state index contributed by atoms with van der Waals surface area (Å²) in [5.74, 6) is -2.96. The third-order valence-corrected chi connectivity index (χ3v) is 7.24. The molecular formula is C22H27FN2O6S. The molecule has 1 unspecified atom stereocenters. The van der Waals surface area contributed by atoms with Crippen LogP contribution in [0.25, 0.3) is 0 Å². The van der Waals surface area contributed by atoms with E-state index in [1.165, 1.54) is 18.2 Å². The number of benzene rings is 1. The summed E-state index contributed by atoms with van der Waals surface area (Å²) in [4.78, 5) is 39.7. The number of hydrogen-bond acceptors (Lipinski definition) is 6. The van der Waals surface area contributed by atoms with Gasteiger partial charge in [-0.25, -0.2) is 17.6 Å². The minimum atomic E-state index is -3.92. The Bertz CT molecular complexity index is 1170. The lowest BCUT2D eigenvalue weighted by Gasteiger charge is -2.19. The van der Waals surface area contributed by atoms with Crippen LogP contribution in [0, 0.1) is 19.7 Å². The highest BCUT2D eigenvalue weighted by Crippen LogP contribution is 2.23. The van der Waals surface area contributed by atoms with Crippen LogP contribution >= 0.6 is 0 Å². The largest absolute Gasteiger partial charge is 0.451 e. The number of carbonyl (C=O) groups excluding carboxylic acids is 3. The third kappa shape index (κ3) is 4.81. The number of aromatic nitrogens is 1. The van der Waals surface area contributed by atoms with Gasteiger partial charge in [-0.05, 0) is 51.5 Å². The Morgan fingerprint density at radius 2 is 1.75 bits per heavy atom. The molecule has 2 rings (SSSR count). The fraction of sp³-hybridized carbons (Fsp3) is 0.409. The van der Waals surface area contributed by atoms with E-state index >= 15 is 0 Å². The summed E-state index contributed by atoms with van der Waals surface area (Å²) in [6.45, 7) is 9.68. The van der Waals surface area contributed by atoms with Crippen LogP contribution in [0.15, 0.2) is 23.1 Å². The van der Waals surface area contributed by atoms with E-state index in [-0.39, 0.29) is 29.5 Å². The van der Waals surface area contributed by atoms with E-state index in [0.717, 1.165) is 18.2 Å². The SMILES string of the molecule is CCN(CC)S(=O)(=O)c1ccc(F)c(C(=O)OC(C)C(=O)c2[nH]c(C)c(C(C)=O)c2C)c1. The van der Waals surface area contributed by atoms with Crippen molar-refractivity contribution in [3.05, 3.63) is 52.1 Å². The van der Waals surface area contributed by atoms with Crippen molar-refractivity contribution < 1.29 is 31.9 Å². The monoisotopic (exact) mass is 466 g/mol. The topological polar surface area (TPSA) is 114 Å². The van der Waals surface area contributed by atoms with Crippen molar-refractivity contribution in [2.45, 2.75) is 52.5 Å². The maximum absolute atomic E-state index is 14.3. The summed E-state index contributed by atoms with van der Waals surface area (Å²) in [6.07, 6.45) is -1.30. The molecule has 0 bridgehead atoms. The summed E-state index contributed by atoms with van der Waals surface area (Å²) in [6, 6.07) is 2.85. The van der Waals surface area contributed by atoms with E-state index in [1.54, 1.807) is 27.7 Å². The lowest BCUT2D eigenvalue weighted by Crippen LogP contribution is -2.31. The second-order valence-electron chi connectivity index (χ2n) is 7.32. The second kappa shape index (κ2) is 9.74. The molecule has 8 nitrogen and oxygen atoms in total. The molecule has 1 N–H and O–H groups in total. The fourth-order valence-electron chi connectivity index (χ4n) is 3.54. The van der Waals surface area contributed by atoms with Crippen LogP contribution in [0.2, 0.25) is 0 Å². The van der Waals surface area contributed by atoms with E-state index in [4.69, 9.17) is 4.74 Å². The fourth-order valence-corrected chi connectivity index (χ4v) is 5.02. The first-order chi connectivity index (χ1) is 14.9. The summed E-state index contributed by atoms with van der Waals surface area (Å²) in [7, 11) is -3.92. The highest BCUT2D eigenvalue weighted by molar-refractivity contribution is 7.89. The molecule has 2 aromatic rings. The Balaban J connectivity index is 2.32. The number of rotatable bonds is 9. The molecule has 0 fully saturated rings. The zero-order valence-electron chi connectivity index (χ0n) is 18.9. The van der Waals surface area contributed by atoms with Crippen LogP contribution in [0.5, 0.6) is 0 Å². The van der Waals surface area contributed by atoms with Gasteiger partial charge in [0.2, 0.25) is 15.8 Å². The van der Waals surface area contributed by atoms with Crippen molar-refractivity contribution in [1.82, 2.24) is 9.29 Å². The molecule has 174 valence electrons. The number of ether oxygens (including phenoxy) is 1. The van der Waals surface area contributed by atoms with E-state index in [1.807, 2.05) is 0 Å². The Morgan fingerprint density at radius 1 is 1.16 bits per heavy atom. The Kier molecular flexibility index (Phi) is 7.74. The molecule has 1 atom stereocenters. The van der Waals surface area contributed by atoms with Crippen LogP contribution in [0.3, 0.4) is 0 Å². The first kappa shape index (κ1) is 25.4. The molecule has 0 spiro atoms. The molecule has 1 heterocycles. The predicted molar refractivity (Wildman–Crippen MR) is 116 cm³/mol. The quantitative estimate of drug-likeness (QED) is 0.447. The van der Waals surface area contributed by atoms with E-state index in [0.29, 0.717) is 16.8 Å².